The minimum absolute atomic E-state index is 0.139. The Hall–Kier alpha value is -0.220. The number of hydrogen-bond acceptors (Lipinski definition) is 3. The second-order valence-electron chi connectivity index (χ2n) is 6.37. The number of carbonyl (C=O) groups is 1. The van der Waals surface area contributed by atoms with Crippen molar-refractivity contribution in [2.24, 2.45) is 0 Å². The van der Waals surface area contributed by atoms with Gasteiger partial charge < -0.3 is 4.90 Å². The molecule has 2 saturated heterocycles. The number of nitrogens with one attached hydrogen (secondary N) is 1. The van der Waals surface area contributed by atoms with Gasteiger partial charge in [0.2, 0.25) is 5.91 Å². The van der Waals surface area contributed by atoms with Crippen LogP contribution in [0.5, 0.6) is 0 Å². The van der Waals surface area contributed by atoms with Crippen molar-refractivity contribution < 1.29 is 4.79 Å². The zero-order valence-electron chi connectivity index (χ0n) is 11.5. The molecule has 1 aliphatic carbocycles. The topological polar surface area (TPSA) is 32.3 Å². The van der Waals surface area contributed by atoms with Crippen LogP contribution >= 0.6 is 11.8 Å². The first-order chi connectivity index (χ1) is 8.59. The van der Waals surface area contributed by atoms with Crippen LogP contribution in [0.4, 0.5) is 0 Å². The predicted molar refractivity (Wildman–Crippen MR) is 75.6 cm³/mol. The molecule has 3 nitrogen and oxygen atoms in total. The summed E-state index contributed by atoms with van der Waals surface area (Å²) in [6.45, 7) is 5.48. The summed E-state index contributed by atoms with van der Waals surface area (Å²) in [5, 5.41) is 3.60. The SMILES string of the molecule is CCCC1NC2(CC2)C(=O)N1CC1(C)CCCS1. The first-order valence-electron chi connectivity index (χ1n) is 7.31. The van der Waals surface area contributed by atoms with E-state index in [2.05, 4.69) is 35.8 Å². The predicted octanol–water partition coefficient (Wildman–Crippen LogP) is 2.36. The maximum absolute atomic E-state index is 12.6. The summed E-state index contributed by atoms with van der Waals surface area (Å²) in [6, 6.07) is 0. The highest BCUT2D eigenvalue weighted by atomic mass is 32.2. The molecule has 4 heteroatoms. The Balaban J connectivity index is 1.73. The summed E-state index contributed by atoms with van der Waals surface area (Å²) in [5.74, 6) is 1.64. The molecule has 1 saturated carbocycles. The molecule has 1 N–H and O–H groups in total. The quantitative estimate of drug-likeness (QED) is 0.849. The highest BCUT2D eigenvalue weighted by Crippen LogP contribution is 2.45. The zero-order chi connectivity index (χ0) is 12.8. The molecular formula is C14H24N2OS. The minimum Gasteiger partial charge on any atom is -0.324 e. The molecular weight excluding hydrogens is 244 g/mol. The van der Waals surface area contributed by atoms with Crippen molar-refractivity contribution in [2.75, 3.05) is 12.3 Å². The first kappa shape index (κ1) is 12.8. The lowest BCUT2D eigenvalue weighted by atomic mass is 10.0. The Morgan fingerprint density at radius 2 is 2.22 bits per heavy atom. The lowest BCUT2D eigenvalue weighted by Gasteiger charge is -2.32. The van der Waals surface area contributed by atoms with Gasteiger partial charge in [-0.2, -0.15) is 11.8 Å². The van der Waals surface area contributed by atoms with E-state index in [0.29, 0.717) is 16.8 Å². The molecule has 0 aromatic rings. The summed E-state index contributed by atoms with van der Waals surface area (Å²) >= 11 is 2.05. The third kappa shape index (κ3) is 2.07. The molecule has 3 aliphatic rings. The van der Waals surface area contributed by atoms with Crippen LogP contribution in [-0.4, -0.2) is 39.6 Å². The molecule has 1 amide bonds. The van der Waals surface area contributed by atoms with E-state index in [0.717, 1.165) is 32.2 Å². The summed E-state index contributed by atoms with van der Waals surface area (Å²) in [7, 11) is 0. The Kier molecular flexibility index (Phi) is 3.14. The lowest BCUT2D eigenvalue weighted by Crippen LogP contribution is -2.44. The molecule has 0 aromatic heterocycles. The van der Waals surface area contributed by atoms with Crippen LogP contribution in [0.15, 0.2) is 0 Å². The van der Waals surface area contributed by atoms with Crippen molar-refractivity contribution in [2.45, 2.75) is 68.8 Å². The maximum Gasteiger partial charge on any atom is 0.244 e. The third-order valence-corrected chi connectivity index (χ3v) is 6.13. The van der Waals surface area contributed by atoms with E-state index in [4.69, 9.17) is 0 Å². The standard InChI is InChI=1S/C14H24N2OS/c1-3-5-11-15-14(7-8-14)12(17)16(11)10-13(2)6-4-9-18-13/h11,15H,3-10H2,1-2H3. The fraction of sp³-hybridized carbons (Fsp3) is 0.929. The van der Waals surface area contributed by atoms with Gasteiger partial charge in [-0.1, -0.05) is 13.3 Å². The van der Waals surface area contributed by atoms with Gasteiger partial charge in [-0.15, -0.1) is 0 Å². The molecule has 0 bridgehead atoms. The molecule has 2 unspecified atom stereocenters. The van der Waals surface area contributed by atoms with Gasteiger partial charge in [-0.05, 0) is 44.8 Å². The van der Waals surface area contributed by atoms with E-state index in [1.807, 2.05) is 0 Å². The third-order valence-electron chi connectivity index (χ3n) is 4.61. The first-order valence-corrected chi connectivity index (χ1v) is 8.30. The molecule has 102 valence electrons. The van der Waals surface area contributed by atoms with E-state index in [1.54, 1.807) is 0 Å². The van der Waals surface area contributed by atoms with Gasteiger partial charge in [-0.25, -0.2) is 0 Å². The molecule has 2 aliphatic heterocycles. The largest absolute Gasteiger partial charge is 0.324 e. The molecule has 2 heterocycles. The fourth-order valence-corrected chi connectivity index (χ4v) is 4.66. The smallest absolute Gasteiger partial charge is 0.244 e. The van der Waals surface area contributed by atoms with Crippen molar-refractivity contribution in [1.82, 2.24) is 10.2 Å². The van der Waals surface area contributed by atoms with Gasteiger partial charge >= 0.3 is 0 Å². The highest BCUT2D eigenvalue weighted by Gasteiger charge is 2.59. The Morgan fingerprint density at radius 3 is 2.78 bits per heavy atom. The maximum atomic E-state index is 12.6. The van der Waals surface area contributed by atoms with Gasteiger partial charge in [0.1, 0.15) is 0 Å². The fourth-order valence-electron chi connectivity index (χ4n) is 3.36. The monoisotopic (exact) mass is 268 g/mol. The van der Waals surface area contributed by atoms with E-state index >= 15 is 0 Å². The van der Waals surface area contributed by atoms with Crippen LogP contribution in [0.3, 0.4) is 0 Å². The van der Waals surface area contributed by atoms with Crippen LogP contribution in [0.25, 0.3) is 0 Å². The van der Waals surface area contributed by atoms with Crippen LogP contribution < -0.4 is 5.32 Å². The van der Waals surface area contributed by atoms with E-state index < -0.39 is 0 Å². The van der Waals surface area contributed by atoms with Crippen molar-refractivity contribution in [1.29, 1.82) is 0 Å². The number of carbonyl (C=O) groups excluding carboxylic acids is 1. The summed E-state index contributed by atoms with van der Waals surface area (Å²) in [4.78, 5) is 14.7. The average molecular weight is 268 g/mol. The van der Waals surface area contributed by atoms with E-state index in [-0.39, 0.29) is 5.54 Å². The van der Waals surface area contributed by atoms with Gasteiger partial charge in [0, 0.05) is 11.3 Å². The van der Waals surface area contributed by atoms with Crippen molar-refractivity contribution in [3.63, 3.8) is 0 Å². The average Bonchev–Trinajstić information content (AvgIpc) is 2.93. The molecule has 3 fully saturated rings. The number of thioether (sulfide) groups is 1. The minimum atomic E-state index is -0.139. The number of rotatable bonds is 4. The Morgan fingerprint density at radius 1 is 1.44 bits per heavy atom. The van der Waals surface area contributed by atoms with E-state index in [9.17, 15) is 4.79 Å². The summed E-state index contributed by atoms with van der Waals surface area (Å²) in [6.07, 6.45) is 7.19. The molecule has 18 heavy (non-hydrogen) atoms. The van der Waals surface area contributed by atoms with Crippen LogP contribution in [0.2, 0.25) is 0 Å². The van der Waals surface area contributed by atoms with Crippen molar-refractivity contribution in [3.8, 4) is 0 Å². The lowest BCUT2D eigenvalue weighted by molar-refractivity contribution is -0.131. The van der Waals surface area contributed by atoms with Gasteiger partial charge in [0.05, 0.1) is 11.7 Å². The molecule has 3 rings (SSSR count). The molecule has 0 radical (unpaired) electrons. The van der Waals surface area contributed by atoms with Crippen LogP contribution in [-0.2, 0) is 4.79 Å². The number of hydrogen-bond donors (Lipinski definition) is 1. The van der Waals surface area contributed by atoms with Crippen LogP contribution in [0, 0.1) is 0 Å². The van der Waals surface area contributed by atoms with Crippen molar-refractivity contribution in [3.05, 3.63) is 0 Å². The number of amides is 1. The van der Waals surface area contributed by atoms with E-state index in [1.165, 1.54) is 18.6 Å². The zero-order valence-corrected chi connectivity index (χ0v) is 12.3. The van der Waals surface area contributed by atoms with Gasteiger partial charge in [0.25, 0.3) is 0 Å². The second kappa shape index (κ2) is 4.41. The summed E-state index contributed by atoms with van der Waals surface area (Å²) in [5.41, 5.74) is -0.139. The molecule has 0 aromatic carbocycles. The van der Waals surface area contributed by atoms with Crippen molar-refractivity contribution >= 4 is 17.7 Å². The Bertz CT molecular complexity index is 348. The van der Waals surface area contributed by atoms with Gasteiger partial charge in [-0.3, -0.25) is 10.1 Å². The molecule has 1 spiro atoms. The molecule has 2 atom stereocenters. The Labute approximate surface area is 114 Å². The van der Waals surface area contributed by atoms with Crippen LogP contribution in [0.1, 0.15) is 52.4 Å². The summed E-state index contributed by atoms with van der Waals surface area (Å²) < 4.78 is 0.295. The highest BCUT2D eigenvalue weighted by molar-refractivity contribution is 8.00. The number of nitrogens with zero attached hydrogens (tertiary/aromatic N) is 1. The van der Waals surface area contributed by atoms with Gasteiger partial charge in [0.15, 0.2) is 0 Å². The second-order valence-corrected chi connectivity index (χ2v) is 8.05. The normalized spacial score (nSPS) is 37.8.